The van der Waals surface area contributed by atoms with Crippen LogP contribution in [0.2, 0.25) is 0 Å². The second kappa shape index (κ2) is 6.70. The van der Waals surface area contributed by atoms with Crippen molar-refractivity contribution in [2.24, 2.45) is 5.92 Å². The summed E-state index contributed by atoms with van der Waals surface area (Å²) < 4.78 is 0. The average molecular weight is 219 g/mol. The van der Waals surface area contributed by atoms with Gasteiger partial charge in [-0.25, -0.2) is 0 Å². The Kier molecular flexibility index (Phi) is 5.54. The van der Waals surface area contributed by atoms with Gasteiger partial charge in [0.25, 0.3) is 0 Å². The molecule has 1 heteroatoms. The zero-order valence-corrected chi connectivity index (χ0v) is 11.1. The Bertz CT molecular complexity index is 306. The van der Waals surface area contributed by atoms with E-state index in [0.29, 0.717) is 6.04 Å². The molecule has 2 atom stereocenters. The number of rotatable bonds is 6. The normalized spacial score (nSPS) is 14.8. The lowest BCUT2D eigenvalue weighted by molar-refractivity contribution is 0.389. The molecular weight excluding hydrogens is 194 g/mol. The monoisotopic (exact) mass is 219 g/mol. The first-order valence-electron chi connectivity index (χ1n) is 6.49. The largest absolute Gasteiger partial charge is 0.310 e. The van der Waals surface area contributed by atoms with Crippen LogP contribution in [0.4, 0.5) is 0 Å². The fourth-order valence-electron chi connectivity index (χ4n) is 1.90. The quantitative estimate of drug-likeness (QED) is 0.768. The number of hydrogen-bond donors (Lipinski definition) is 1. The third kappa shape index (κ3) is 3.64. The minimum Gasteiger partial charge on any atom is -0.310 e. The van der Waals surface area contributed by atoms with Crippen molar-refractivity contribution in [3.8, 4) is 0 Å². The van der Waals surface area contributed by atoms with E-state index in [2.05, 4.69) is 57.3 Å². The maximum absolute atomic E-state index is 3.62. The third-order valence-corrected chi connectivity index (χ3v) is 3.61. The molecule has 0 aliphatic heterocycles. The van der Waals surface area contributed by atoms with Gasteiger partial charge in [-0.1, -0.05) is 51.5 Å². The molecule has 0 aromatic heterocycles. The van der Waals surface area contributed by atoms with Gasteiger partial charge in [0.1, 0.15) is 0 Å². The summed E-state index contributed by atoms with van der Waals surface area (Å²) in [4.78, 5) is 0. The number of nitrogens with one attached hydrogen (secondary N) is 1. The van der Waals surface area contributed by atoms with E-state index in [1.54, 1.807) is 0 Å². The van der Waals surface area contributed by atoms with Gasteiger partial charge in [0.15, 0.2) is 0 Å². The van der Waals surface area contributed by atoms with Gasteiger partial charge in [0, 0.05) is 12.6 Å². The van der Waals surface area contributed by atoms with Crippen LogP contribution in [0.3, 0.4) is 0 Å². The van der Waals surface area contributed by atoms with Crippen LogP contribution in [0, 0.1) is 5.92 Å². The highest BCUT2D eigenvalue weighted by molar-refractivity contribution is 5.26. The molecule has 1 N–H and O–H groups in total. The van der Waals surface area contributed by atoms with Crippen molar-refractivity contribution in [1.82, 2.24) is 5.32 Å². The Morgan fingerprint density at radius 2 is 1.69 bits per heavy atom. The first kappa shape index (κ1) is 13.2. The van der Waals surface area contributed by atoms with E-state index in [-0.39, 0.29) is 0 Å². The van der Waals surface area contributed by atoms with E-state index in [4.69, 9.17) is 0 Å². The summed E-state index contributed by atoms with van der Waals surface area (Å²) in [6.45, 7) is 10.1. The molecule has 90 valence electrons. The Hall–Kier alpha value is -0.820. The fraction of sp³-hybridized carbons (Fsp3) is 0.600. The van der Waals surface area contributed by atoms with E-state index >= 15 is 0 Å². The van der Waals surface area contributed by atoms with Crippen LogP contribution >= 0.6 is 0 Å². The van der Waals surface area contributed by atoms with E-state index in [9.17, 15) is 0 Å². The molecule has 0 heterocycles. The van der Waals surface area contributed by atoms with Crippen LogP contribution < -0.4 is 5.32 Å². The number of hydrogen-bond acceptors (Lipinski definition) is 1. The van der Waals surface area contributed by atoms with Gasteiger partial charge in [0.2, 0.25) is 0 Å². The molecule has 1 aromatic carbocycles. The Morgan fingerprint density at radius 1 is 1.06 bits per heavy atom. The lowest BCUT2D eigenvalue weighted by Crippen LogP contribution is -2.31. The maximum atomic E-state index is 3.62. The van der Waals surface area contributed by atoms with Crippen molar-refractivity contribution in [1.29, 1.82) is 0 Å². The predicted octanol–water partition coefficient (Wildman–Crippen LogP) is 3.77. The van der Waals surface area contributed by atoms with Crippen LogP contribution in [0.25, 0.3) is 0 Å². The lowest BCUT2D eigenvalue weighted by atomic mass is 10.00. The maximum Gasteiger partial charge on any atom is 0.0210 e. The van der Waals surface area contributed by atoms with Crippen LogP contribution in [0.1, 0.15) is 45.2 Å². The van der Waals surface area contributed by atoms with Crippen LogP contribution in [0.5, 0.6) is 0 Å². The smallest absolute Gasteiger partial charge is 0.0210 e. The summed E-state index contributed by atoms with van der Waals surface area (Å²) in [5.74, 6) is 0.744. The van der Waals surface area contributed by atoms with E-state index in [1.807, 2.05) is 0 Å². The van der Waals surface area contributed by atoms with Gasteiger partial charge in [-0.2, -0.15) is 0 Å². The van der Waals surface area contributed by atoms with Crippen LogP contribution in [-0.4, -0.2) is 6.04 Å². The van der Waals surface area contributed by atoms with Crippen molar-refractivity contribution in [3.63, 3.8) is 0 Å². The zero-order chi connectivity index (χ0) is 12.0. The van der Waals surface area contributed by atoms with Crippen LogP contribution in [-0.2, 0) is 13.0 Å². The van der Waals surface area contributed by atoms with Crippen molar-refractivity contribution in [2.75, 3.05) is 0 Å². The summed E-state index contributed by atoms with van der Waals surface area (Å²) in [5.41, 5.74) is 2.91. The number of aryl methyl sites for hydroxylation is 1. The van der Waals surface area contributed by atoms with E-state index < -0.39 is 0 Å². The Balaban J connectivity index is 2.54. The van der Waals surface area contributed by atoms with Gasteiger partial charge in [-0.05, 0) is 30.4 Å². The molecule has 0 amide bonds. The van der Waals surface area contributed by atoms with Crippen molar-refractivity contribution >= 4 is 0 Å². The Labute approximate surface area is 100 Å². The second-order valence-electron chi connectivity index (χ2n) is 4.68. The topological polar surface area (TPSA) is 12.0 Å². The van der Waals surface area contributed by atoms with Gasteiger partial charge >= 0.3 is 0 Å². The van der Waals surface area contributed by atoms with Crippen molar-refractivity contribution in [2.45, 2.75) is 53.1 Å². The molecule has 0 aliphatic carbocycles. The molecule has 0 saturated carbocycles. The molecule has 1 nitrogen and oxygen atoms in total. The van der Waals surface area contributed by atoms with E-state index in [0.717, 1.165) is 18.9 Å². The fourth-order valence-corrected chi connectivity index (χ4v) is 1.90. The standard InChI is InChI=1S/C15H25N/c1-5-12(3)13(4)16-11-15-10-8-7-9-14(15)6-2/h7-10,12-13,16H,5-6,11H2,1-4H3. The minimum atomic E-state index is 0.593. The molecule has 0 aliphatic rings. The average Bonchev–Trinajstić information content (AvgIpc) is 2.35. The molecular formula is C15H25N. The van der Waals surface area contributed by atoms with E-state index in [1.165, 1.54) is 17.5 Å². The summed E-state index contributed by atoms with van der Waals surface area (Å²) >= 11 is 0. The minimum absolute atomic E-state index is 0.593. The second-order valence-corrected chi connectivity index (χ2v) is 4.68. The highest BCUT2D eigenvalue weighted by Crippen LogP contribution is 2.11. The third-order valence-electron chi connectivity index (χ3n) is 3.61. The van der Waals surface area contributed by atoms with Gasteiger partial charge < -0.3 is 5.32 Å². The summed E-state index contributed by atoms with van der Waals surface area (Å²) in [7, 11) is 0. The molecule has 0 fully saturated rings. The van der Waals surface area contributed by atoms with Crippen LogP contribution in [0.15, 0.2) is 24.3 Å². The molecule has 1 rings (SSSR count). The summed E-state index contributed by atoms with van der Waals surface area (Å²) in [6.07, 6.45) is 2.36. The molecule has 0 radical (unpaired) electrons. The van der Waals surface area contributed by atoms with Crippen molar-refractivity contribution < 1.29 is 0 Å². The lowest BCUT2D eigenvalue weighted by Gasteiger charge is -2.20. The molecule has 0 bridgehead atoms. The number of benzene rings is 1. The molecule has 16 heavy (non-hydrogen) atoms. The highest BCUT2D eigenvalue weighted by atomic mass is 14.9. The molecule has 2 unspecified atom stereocenters. The zero-order valence-electron chi connectivity index (χ0n) is 11.1. The molecule has 0 spiro atoms. The molecule has 1 aromatic rings. The summed E-state index contributed by atoms with van der Waals surface area (Å²) in [6, 6.07) is 9.31. The molecule has 0 saturated heterocycles. The predicted molar refractivity (Wildman–Crippen MR) is 71.6 cm³/mol. The van der Waals surface area contributed by atoms with Crippen molar-refractivity contribution in [3.05, 3.63) is 35.4 Å². The first-order chi connectivity index (χ1) is 7.69. The summed E-state index contributed by atoms with van der Waals surface area (Å²) in [5, 5.41) is 3.62. The van der Waals surface area contributed by atoms with Gasteiger partial charge in [-0.3, -0.25) is 0 Å². The SMILES string of the molecule is CCc1ccccc1CNC(C)C(C)CC. The van der Waals surface area contributed by atoms with Gasteiger partial charge in [0.05, 0.1) is 0 Å². The Morgan fingerprint density at radius 3 is 2.25 bits per heavy atom. The van der Waals surface area contributed by atoms with Gasteiger partial charge in [-0.15, -0.1) is 0 Å². The first-order valence-corrected chi connectivity index (χ1v) is 6.49. The highest BCUT2D eigenvalue weighted by Gasteiger charge is 2.09.